The standard InChI is InChI=1S/C8H12O3/c9-6-3-1-2-5-4-11-8(10)7(5)6/h5-7,9H,1-4H2/t5-,6-,7+/m0/s1. The number of cyclic esters (lactones) is 1. The number of carbonyl (C=O) groups excluding carboxylic acids is 1. The van der Waals surface area contributed by atoms with E-state index < -0.39 is 6.10 Å². The Morgan fingerprint density at radius 1 is 1.45 bits per heavy atom. The molecule has 2 aliphatic rings. The zero-order chi connectivity index (χ0) is 7.84. The maximum Gasteiger partial charge on any atom is 0.311 e. The molecule has 1 aliphatic heterocycles. The molecule has 1 aliphatic carbocycles. The van der Waals surface area contributed by atoms with Crippen LogP contribution in [-0.4, -0.2) is 23.8 Å². The minimum absolute atomic E-state index is 0.192. The van der Waals surface area contributed by atoms with Crippen molar-refractivity contribution in [1.29, 1.82) is 0 Å². The van der Waals surface area contributed by atoms with Crippen LogP contribution >= 0.6 is 0 Å². The van der Waals surface area contributed by atoms with Gasteiger partial charge in [-0.1, -0.05) is 6.42 Å². The Morgan fingerprint density at radius 3 is 3.00 bits per heavy atom. The molecule has 11 heavy (non-hydrogen) atoms. The second-order valence-electron chi connectivity index (χ2n) is 3.41. The number of esters is 1. The molecule has 2 fully saturated rings. The van der Waals surface area contributed by atoms with E-state index in [1.807, 2.05) is 0 Å². The minimum atomic E-state index is -0.441. The summed E-state index contributed by atoms with van der Waals surface area (Å²) in [5.41, 5.74) is 0. The molecule has 3 heteroatoms. The van der Waals surface area contributed by atoms with Gasteiger partial charge in [-0.2, -0.15) is 0 Å². The zero-order valence-electron chi connectivity index (χ0n) is 6.32. The van der Waals surface area contributed by atoms with Gasteiger partial charge in [0.05, 0.1) is 18.6 Å². The number of aliphatic hydroxyl groups excluding tert-OH is 1. The van der Waals surface area contributed by atoms with Gasteiger partial charge in [-0.15, -0.1) is 0 Å². The molecule has 0 amide bonds. The fraction of sp³-hybridized carbons (Fsp3) is 0.875. The predicted octanol–water partition coefficient (Wildman–Crippen LogP) is 0.320. The summed E-state index contributed by atoms with van der Waals surface area (Å²) in [5, 5.41) is 9.45. The molecule has 0 radical (unpaired) electrons. The molecule has 0 spiro atoms. The highest BCUT2D eigenvalue weighted by atomic mass is 16.5. The lowest BCUT2D eigenvalue weighted by Gasteiger charge is -2.25. The molecular weight excluding hydrogens is 144 g/mol. The molecule has 3 atom stereocenters. The van der Waals surface area contributed by atoms with Gasteiger partial charge in [0, 0.05) is 5.92 Å². The van der Waals surface area contributed by atoms with Crippen LogP contribution in [0.4, 0.5) is 0 Å². The smallest absolute Gasteiger partial charge is 0.311 e. The third-order valence-corrected chi connectivity index (χ3v) is 2.71. The second-order valence-corrected chi connectivity index (χ2v) is 3.41. The van der Waals surface area contributed by atoms with Crippen molar-refractivity contribution >= 4 is 5.97 Å². The molecule has 1 heterocycles. The first kappa shape index (κ1) is 7.10. The maximum absolute atomic E-state index is 11.0. The summed E-state index contributed by atoms with van der Waals surface area (Å²) in [7, 11) is 0. The Morgan fingerprint density at radius 2 is 2.27 bits per heavy atom. The predicted molar refractivity (Wildman–Crippen MR) is 37.8 cm³/mol. The van der Waals surface area contributed by atoms with Crippen LogP contribution in [0.15, 0.2) is 0 Å². The van der Waals surface area contributed by atoms with Gasteiger partial charge in [0.1, 0.15) is 0 Å². The van der Waals surface area contributed by atoms with E-state index in [1.165, 1.54) is 0 Å². The Balaban J connectivity index is 2.14. The lowest BCUT2D eigenvalue weighted by Crippen LogP contribution is -2.33. The van der Waals surface area contributed by atoms with E-state index >= 15 is 0 Å². The lowest BCUT2D eigenvalue weighted by molar-refractivity contribution is -0.144. The fourth-order valence-corrected chi connectivity index (χ4v) is 2.08. The third kappa shape index (κ3) is 1.03. The number of aliphatic hydroxyl groups is 1. The first-order chi connectivity index (χ1) is 5.29. The van der Waals surface area contributed by atoms with Crippen LogP contribution < -0.4 is 0 Å². The van der Waals surface area contributed by atoms with Gasteiger partial charge in [0.2, 0.25) is 0 Å². The molecule has 0 aromatic rings. The van der Waals surface area contributed by atoms with Crippen LogP contribution in [0.1, 0.15) is 19.3 Å². The Hall–Kier alpha value is -0.570. The van der Waals surface area contributed by atoms with Crippen molar-refractivity contribution in [3.63, 3.8) is 0 Å². The van der Waals surface area contributed by atoms with Gasteiger partial charge >= 0.3 is 5.97 Å². The summed E-state index contributed by atoms with van der Waals surface area (Å²) >= 11 is 0. The van der Waals surface area contributed by atoms with Gasteiger partial charge in [0.15, 0.2) is 0 Å². The van der Waals surface area contributed by atoms with E-state index in [9.17, 15) is 9.90 Å². The molecular formula is C8H12O3. The molecule has 0 unspecified atom stereocenters. The van der Waals surface area contributed by atoms with Gasteiger partial charge in [-0.3, -0.25) is 4.79 Å². The molecule has 3 nitrogen and oxygen atoms in total. The molecule has 0 aromatic carbocycles. The van der Waals surface area contributed by atoms with Crippen molar-refractivity contribution in [3.8, 4) is 0 Å². The normalized spacial score (nSPS) is 43.4. The number of hydrogen-bond acceptors (Lipinski definition) is 3. The largest absolute Gasteiger partial charge is 0.465 e. The first-order valence-electron chi connectivity index (χ1n) is 4.14. The summed E-state index contributed by atoms with van der Waals surface area (Å²) in [5.74, 6) is -0.0998. The van der Waals surface area contributed by atoms with Crippen LogP contribution in [0.25, 0.3) is 0 Å². The van der Waals surface area contributed by atoms with Crippen LogP contribution in [0.3, 0.4) is 0 Å². The Bertz CT molecular complexity index is 178. The highest BCUT2D eigenvalue weighted by molar-refractivity contribution is 5.75. The molecule has 0 bridgehead atoms. The van der Waals surface area contributed by atoms with Gasteiger partial charge in [0.25, 0.3) is 0 Å². The maximum atomic E-state index is 11.0. The Labute approximate surface area is 65.4 Å². The highest BCUT2D eigenvalue weighted by Crippen LogP contribution is 2.35. The van der Waals surface area contributed by atoms with Crippen LogP contribution in [0.2, 0.25) is 0 Å². The molecule has 1 N–H and O–H groups in total. The van der Waals surface area contributed by atoms with Crippen LogP contribution in [0.5, 0.6) is 0 Å². The quantitative estimate of drug-likeness (QED) is 0.514. The number of hydrogen-bond donors (Lipinski definition) is 1. The van der Waals surface area contributed by atoms with Gasteiger partial charge in [-0.25, -0.2) is 0 Å². The van der Waals surface area contributed by atoms with E-state index in [-0.39, 0.29) is 11.9 Å². The molecule has 1 saturated carbocycles. The third-order valence-electron chi connectivity index (χ3n) is 2.71. The molecule has 2 rings (SSSR count). The monoisotopic (exact) mass is 156 g/mol. The summed E-state index contributed by atoms with van der Waals surface area (Å²) in [6.45, 7) is 0.528. The van der Waals surface area contributed by atoms with Gasteiger partial charge < -0.3 is 9.84 Å². The summed E-state index contributed by atoms with van der Waals surface area (Å²) < 4.78 is 4.87. The summed E-state index contributed by atoms with van der Waals surface area (Å²) in [6.07, 6.45) is 2.38. The van der Waals surface area contributed by atoms with Crippen molar-refractivity contribution in [2.24, 2.45) is 11.8 Å². The fourth-order valence-electron chi connectivity index (χ4n) is 2.08. The van der Waals surface area contributed by atoms with Crippen molar-refractivity contribution in [2.45, 2.75) is 25.4 Å². The first-order valence-corrected chi connectivity index (χ1v) is 4.14. The lowest BCUT2D eigenvalue weighted by atomic mass is 9.79. The SMILES string of the molecule is O=C1OC[C@@H]2CCC[C@H](O)[C@H]12. The summed E-state index contributed by atoms with van der Waals surface area (Å²) in [6, 6.07) is 0. The number of carbonyl (C=O) groups is 1. The second kappa shape index (κ2) is 2.48. The van der Waals surface area contributed by atoms with Crippen LogP contribution in [-0.2, 0) is 9.53 Å². The number of rotatable bonds is 0. The average molecular weight is 156 g/mol. The molecule has 0 aromatic heterocycles. The van der Waals surface area contributed by atoms with Gasteiger partial charge in [-0.05, 0) is 12.8 Å². The zero-order valence-corrected chi connectivity index (χ0v) is 6.32. The van der Waals surface area contributed by atoms with E-state index in [0.717, 1.165) is 19.3 Å². The van der Waals surface area contributed by atoms with Crippen LogP contribution in [0, 0.1) is 11.8 Å². The number of fused-ring (bicyclic) bond motifs is 1. The van der Waals surface area contributed by atoms with Crippen molar-refractivity contribution in [1.82, 2.24) is 0 Å². The highest BCUT2D eigenvalue weighted by Gasteiger charge is 2.43. The Kier molecular flexibility index (Phi) is 1.60. The molecule has 1 saturated heterocycles. The average Bonchev–Trinajstić information content (AvgIpc) is 2.34. The number of ether oxygens (including phenoxy) is 1. The van der Waals surface area contributed by atoms with Crippen molar-refractivity contribution < 1.29 is 14.6 Å². The van der Waals surface area contributed by atoms with Crippen molar-refractivity contribution in [3.05, 3.63) is 0 Å². The van der Waals surface area contributed by atoms with E-state index in [1.54, 1.807) is 0 Å². The molecule has 62 valence electrons. The summed E-state index contributed by atoms with van der Waals surface area (Å²) in [4.78, 5) is 11.0. The minimum Gasteiger partial charge on any atom is -0.465 e. The van der Waals surface area contributed by atoms with E-state index in [4.69, 9.17) is 4.74 Å². The topological polar surface area (TPSA) is 46.5 Å². The van der Waals surface area contributed by atoms with E-state index in [2.05, 4.69) is 0 Å². The van der Waals surface area contributed by atoms with Crippen molar-refractivity contribution in [2.75, 3.05) is 6.61 Å². The van der Waals surface area contributed by atoms with E-state index in [0.29, 0.717) is 12.5 Å².